The third-order valence-corrected chi connectivity index (χ3v) is 4.88. The summed E-state index contributed by atoms with van der Waals surface area (Å²) < 4.78 is 13.3. The second-order valence-electron chi connectivity index (χ2n) is 6.45. The SMILES string of the molecule is Fc1ccc(-c2[nH]c(C3CCNCC3)cc2C2=CCNC=C2)cc1. The predicted molar refractivity (Wildman–Crippen MR) is 96.2 cm³/mol. The van der Waals surface area contributed by atoms with E-state index in [-0.39, 0.29) is 5.82 Å². The fourth-order valence-corrected chi connectivity index (χ4v) is 3.55. The summed E-state index contributed by atoms with van der Waals surface area (Å²) >= 11 is 0. The molecule has 4 heteroatoms. The fraction of sp³-hybridized carbons (Fsp3) is 0.300. The maximum atomic E-state index is 13.3. The van der Waals surface area contributed by atoms with Crippen molar-refractivity contribution in [2.75, 3.05) is 19.6 Å². The highest BCUT2D eigenvalue weighted by atomic mass is 19.1. The zero-order valence-electron chi connectivity index (χ0n) is 13.6. The number of aromatic amines is 1. The molecule has 0 saturated carbocycles. The van der Waals surface area contributed by atoms with E-state index in [1.165, 1.54) is 29.0 Å². The largest absolute Gasteiger partial charge is 0.387 e. The van der Waals surface area contributed by atoms with E-state index in [1.807, 2.05) is 18.3 Å². The van der Waals surface area contributed by atoms with Crippen LogP contribution in [-0.2, 0) is 0 Å². The third kappa shape index (κ3) is 3.02. The van der Waals surface area contributed by atoms with Crippen molar-refractivity contribution in [1.29, 1.82) is 0 Å². The van der Waals surface area contributed by atoms with E-state index >= 15 is 0 Å². The van der Waals surface area contributed by atoms with Gasteiger partial charge in [0.2, 0.25) is 0 Å². The molecule has 2 aromatic rings. The summed E-state index contributed by atoms with van der Waals surface area (Å²) in [6, 6.07) is 9.04. The van der Waals surface area contributed by atoms with E-state index in [4.69, 9.17) is 0 Å². The van der Waals surface area contributed by atoms with Crippen LogP contribution in [0.25, 0.3) is 16.8 Å². The molecule has 0 radical (unpaired) electrons. The van der Waals surface area contributed by atoms with Crippen molar-refractivity contribution in [3.63, 3.8) is 0 Å². The minimum Gasteiger partial charge on any atom is -0.387 e. The quantitative estimate of drug-likeness (QED) is 0.804. The third-order valence-electron chi connectivity index (χ3n) is 4.88. The van der Waals surface area contributed by atoms with E-state index in [2.05, 4.69) is 33.8 Å². The van der Waals surface area contributed by atoms with Gasteiger partial charge in [-0.3, -0.25) is 0 Å². The molecular weight excluding hydrogens is 301 g/mol. The van der Waals surface area contributed by atoms with Gasteiger partial charge in [-0.05, 0) is 79.7 Å². The first kappa shape index (κ1) is 15.2. The molecule has 2 aliphatic rings. The summed E-state index contributed by atoms with van der Waals surface area (Å²) in [5.74, 6) is 0.358. The summed E-state index contributed by atoms with van der Waals surface area (Å²) in [6.45, 7) is 2.97. The normalized spacial score (nSPS) is 18.3. The zero-order valence-corrected chi connectivity index (χ0v) is 13.6. The number of benzene rings is 1. The van der Waals surface area contributed by atoms with Crippen molar-refractivity contribution in [3.05, 3.63) is 65.8 Å². The number of nitrogens with one attached hydrogen (secondary N) is 3. The molecule has 4 rings (SSSR count). The Hall–Kier alpha value is -2.33. The topological polar surface area (TPSA) is 39.9 Å². The maximum Gasteiger partial charge on any atom is 0.123 e. The summed E-state index contributed by atoms with van der Waals surface area (Å²) in [6.07, 6.45) is 8.59. The Morgan fingerprint density at radius 3 is 2.54 bits per heavy atom. The van der Waals surface area contributed by atoms with Crippen molar-refractivity contribution in [3.8, 4) is 11.3 Å². The first-order valence-electron chi connectivity index (χ1n) is 8.61. The number of halogens is 1. The van der Waals surface area contributed by atoms with Gasteiger partial charge in [0.05, 0.1) is 5.69 Å². The van der Waals surface area contributed by atoms with Crippen LogP contribution in [0.3, 0.4) is 0 Å². The van der Waals surface area contributed by atoms with Gasteiger partial charge in [0.15, 0.2) is 0 Å². The van der Waals surface area contributed by atoms with E-state index in [0.29, 0.717) is 5.92 Å². The van der Waals surface area contributed by atoms with Crippen molar-refractivity contribution in [2.45, 2.75) is 18.8 Å². The van der Waals surface area contributed by atoms with Crippen molar-refractivity contribution >= 4 is 5.57 Å². The van der Waals surface area contributed by atoms with Crippen LogP contribution in [0.15, 0.2) is 48.7 Å². The highest BCUT2D eigenvalue weighted by Gasteiger charge is 2.21. The van der Waals surface area contributed by atoms with Gasteiger partial charge in [-0.15, -0.1) is 0 Å². The molecule has 3 N–H and O–H groups in total. The average Bonchev–Trinajstić information content (AvgIpc) is 3.09. The van der Waals surface area contributed by atoms with Crippen LogP contribution in [0, 0.1) is 5.82 Å². The predicted octanol–water partition coefficient (Wildman–Crippen LogP) is 3.79. The second-order valence-corrected chi connectivity index (χ2v) is 6.45. The van der Waals surface area contributed by atoms with Crippen LogP contribution in [0.4, 0.5) is 4.39 Å². The van der Waals surface area contributed by atoms with Gasteiger partial charge in [0, 0.05) is 23.7 Å². The number of rotatable bonds is 3. The molecule has 0 atom stereocenters. The molecule has 1 aromatic carbocycles. The molecule has 3 heterocycles. The first-order valence-corrected chi connectivity index (χ1v) is 8.61. The molecule has 0 aliphatic carbocycles. The van der Waals surface area contributed by atoms with Crippen LogP contribution in [0.2, 0.25) is 0 Å². The molecule has 0 bridgehead atoms. The highest BCUT2D eigenvalue weighted by Crippen LogP contribution is 2.35. The number of aromatic nitrogens is 1. The second kappa shape index (κ2) is 6.65. The lowest BCUT2D eigenvalue weighted by Crippen LogP contribution is -2.26. The Bertz CT molecular complexity index is 765. The molecule has 24 heavy (non-hydrogen) atoms. The number of allylic oxidation sites excluding steroid dienone is 2. The van der Waals surface area contributed by atoms with Gasteiger partial charge in [-0.25, -0.2) is 4.39 Å². The number of dihydropyridines is 1. The summed E-state index contributed by atoms with van der Waals surface area (Å²) in [4.78, 5) is 3.64. The van der Waals surface area contributed by atoms with E-state index in [1.54, 1.807) is 0 Å². The molecule has 1 fully saturated rings. The lowest BCUT2D eigenvalue weighted by Gasteiger charge is -2.21. The van der Waals surface area contributed by atoms with E-state index < -0.39 is 0 Å². The number of H-pyrrole nitrogens is 1. The summed E-state index contributed by atoms with van der Waals surface area (Å²) in [5, 5.41) is 6.62. The number of hydrogen-bond donors (Lipinski definition) is 3. The van der Waals surface area contributed by atoms with Gasteiger partial charge in [0.25, 0.3) is 0 Å². The fourth-order valence-electron chi connectivity index (χ4n) is 3.55. The minimum atomic E-state index is -0.202. The standard InChI is InChI=1S/C20H22FN3/c21-17-3-1-16(2-4-17)20-18(14-5-9-22-10-6-14)13-19(24-20)15-7-11-23-12-8-15/h1-6,9,13,15,22-24H,7-8,10-12H2. The average molecular weight is 323 g/mol. The highest BCUT2D eigenvalue weighted by molar-refractivity contribution is 5.85. The van der Waals surface area contributed by atoms with Crippen LogP contribution in [-0.4, -0.2) is 24.6 Å². The molecule has 0 spiro atoms. The Morgan fingerprint density at radius 2 is 1.83 bits per heavy atom. The van der Waals surface area contributed by atoms with Gasteiger partial charge in [-0.1, -0.05) is 6.08 Å². The molecule has 3 nitrogen and oxygen atoms in total. The summed E-state index contributed by atoms with van der Waals surface area (Å²) in [5.41, 5.74) is 5.82. The smallest absolute Gasteiger partial charge is 0.123 e. The van der Waals surface area contributed by atoms with Crippen LogP contribution in [0.5, 0.6) is 0 Å². The van der Waals surface area contributed by atoms with E-state index in [0.717, 1.165) is 43.7 Å². The molecular formula is C20H22FN3. The van der Waals surface area contributed by atoms with Crippen molar-refractivity contribution in [1.82, 2.24) is 15.6 Å². The molecule has 1 saturated heterocycles. The molecule has 0 amide bonds. The molecule has 1 aromatic heterocycles. The molecule has 124 valence electrons. The summed E-state index contributed by atoms with van der Waals surface area (Å²) in [7, 11) is 0. The van der Waals surface area contributed by atoms with Crippen LogP contribution in [0.1, 0.15) is 30.0 Å². The number of hydrogen-bond acceptors (Lipinski definition) is 2. The van der Waals surface area contributed by atoms with E-state index in [9.17, 15) is 4.39 Å². The first-order chi connectivity index (χ1) is 11.8. The minimum absolute atomic E-state index is 0.202. The van der Waals surface area contributed by atoms with Gasteiger partial charge in [0.1, 0.15) is 5.82 Å². The van der Waals surface area contributed by atoms with Crippen molar-refractivity contribution < 1.29 is 4.39 Å². The van der Waals surface area contributed by atoms with Gasteiger partial charge < -0.3 is 15.6 Å². The molecule has 2 aliphatic heterocycles. The Balaban J connectivity index is 1.77. The maximum absolute atomic E-state index is 13.3. The lowest BCUT2D eigenvalue weighted by molar-refractivity contribution is 0.454. The van der Waals surface area contributed by atoms with Crippen LogP contribution < -0.4 is 10.6 Å². The van der Waals surface area contributed by atoms with Crippen LogP contribution >= 0.6 is 0 Å². The lowest BCUT2D eigenvalue weighted by atomic mass is 9.93. The Labute approximate surface area is 141 Å². The monoisotopic (exact) mass is 323 g/mol. The van der Waals surface area contributed by atoms with Crippen molar-refractivity contribution in [2.24, 2.45) is 0 Å². The Morgan fingerprint density at radius 1 is 1.04 bits per heavy atom. The molecule has 0 unspecified atom stereocenters. The van der Waals surface area contributed by atoms with Gasteiger partial charge in [-0.2, -0.15) is 0 Å². The Kier molecular flexibility index (Phi) is 4.22. The number of piperidine rings is 1. The zero-order chi connectivity index (χ0) is 16.4. The van der Waals surface area contributed by atoms with Gasteiger partial charge >= 0.3 is 0 Å².